The van der Waals surface area contributed by atoms with E-state index in [1.807, 2.05) is 0 Å². The number of hydrogen-bond acceptors (Lipinski definition) is 4. The number of hydrogen-bond donors (Lipinski definition) is 1. The molecule has 0 saturated heterocycles. The fraction of sp³-hybridized carbons (Fsp3) is 1.00. The molecule has 176 valence electrons. The third-order valence-corrected chi connectivity index (χ3v) is 6.54. The van der Waals surface area contributed by atoms with E-state index in [2.05, 4.69) is 79.0 Å². The standard InChI is InChI=1S/C25H55N3O/c1-19(2)15-27(16-22(7)20(3)4)11-13-29-14-12-28(17-23(8)21(5)6)18-24(9)25(10)26/h19-25H,11-18,26H2,1-10H3. The summed E-state index contributed by atoms with van der Waals surface area (Å²) in [4.78, 5) is 5.15. The van der Waals surface area contributed by atoms with Gasteiger partial charge in [-0.15, -0.1) is 0 Å². The topological polar surface area (TPSA) is 41.7 Å². The van der Waals surface area contributed by atoms with E-state index >= 15 is 0 Å². The van der Waals surface area contributed by atoms with Crippen molar-refractivity contribution in [2.45, 2.75) is 75.3 Å². The van der Waals surface area contributed by atoms with Gasteiger partial charge in [0.15, 0.2) is 0 Å². The highest BCUT2D eigenvalue weighted by molar-refractivity contribution is 4.72. The maximum absolute atomic E-state index is 6.12. The highest BCUT2D eigenvalue weighted by Gasteiger charge is 2.18. The lowest BCUT2D eigenvalue weighted by atomic mass is 9.96. The lowest BCUT2D eigenvalue weighted by molar-refractivity contribution is 0.0650. The van der Waals surface area contributed by atoms with Crippen molar-refractivity contribution in [1.82, 2.24) is 9.80 Å². The second-order valence-electron chi connectivity index (χ2n) is 10.8. The molecule has 2 N–H and O–H groups in total. The van der Waals surface area contributed by atoms with Crippen molar-refractivity contribution >= 4 is 0 Å². The first-order chi connectivity index (χ1) is 13.4. The van der Waals surface area contributed by atoms with Gasteiger partial charge in [-0.2, -0.15) is 0 Å². The van der Waals surface area contributed by atoms with Crippen LogP contribution >= 0.6 is 0 Å². The average molecular weight is 414 g/mol. The minimum Gasteiger partial charge on any atom is -0.379 e. The SMILES string of the molecule is CC(C)CN(CCOCCN(CC(C)C(C)C)CC(C)C(C)N)CC(C)C(C)C. The van der Waals surface area contributed by atoms with Gasteiger partial charge in [-0.1, -0.05) is 62.3 Å². The summed E-state index contributed by atoms with van der Waals surface area (Å²) in [6.45, 7) is 31.2. The Labute approximate surface area is 183 Å². The summed E-state index contributed by atoms with van der Waals surface area (Å²) < 4.78 is 6.09. The molecule has 4 nitrogen and oxygen atoms in total. The maximum Gasteiger partial charge on any atom is 0.0594 e. The molecule has 0 aromatic heterocycles. The van der Waals surface area contributed by atoms with Gasteiger partial charge >= 0.3 is 0 Å². The third-order valence-electron chi connectivity index (χ3n) is 6.54. The van der Waals surface area contributed by atoms with Crippen molar-refractivity contribution < 1.29 is 4.74 Å². The molecule has 0 spiro atoms. The van der Waals surface area contributed by atoms with Crippen molar-refractivity contribution in [3.8, 4) is 0 Å². The Kier molecular flexibility index (Phi) is 15.5. The van der Waals surface area contributed by atoms with Crippen LogP contribution in [-0.4, -0.2) is 68.3 Å². The Balaban J connectivity index is 4.47. The molecule has 4 unspecified atom stereocenters. The van der Waals surface area contributed by atoms with Crippen LogP contribution in [0.2, 0.25) is 0 Å². The molecule has 29 heavy (non-hydrogen) atoms. The van der Waals surface area contributed by atoms with Gasteiger partial charge in [0.05, 0.1) is 13.2 Å². The average Bonchev–Trinajstić information content (AvgIpc) is 2.59. The van der Waals surface area contributed by atoms with Gasteiger partial charge in [0, 0.05) is 45.3 Å². The van der Waals surface area contributed by atoms with Crippen LogP contribution in [0.4, 0.5) is 0 Å². The van der Waals surface area contributed by atoms with Gasteiger partial charge in [-0.05, 0) is 42.4 Å². The predicted molar refractivity (Wildman–Crippen MR) is 129 cm³/mol. The van der Waals surface area contributed by atoms with Gasteiger partial charge in [0.1, 0.15) is 0 Å². The quantitative estimate of drug-likeness (QED) is 0.347. The highest BCUT2D eigenvalue weighted by Crippen LogP contribution is 2.14. The second-order valence-corrected chi connectivity index (χ2v) is 10.8. The zero-order valence-corrected chi connectivity index (χ0v) is 21.6. The Morgan fingerprint density at radius 1 is 0.586 bits per heavy atom. The molecule has 0 heterocycles. The number of nitrogens with two attached hydrogens (primary N) is 1. The molecule has 0 aliphatic rings. The zero-order chi connectivity index (χ0) is 22.6. The van der Waals surface area contributed by atoms with E-state index in [0.717, 1.165) is 57.8 Å². The van der Waals surface area contributed by atoms with Gasteiger partial charge in [-0.3, -0.25) is 0 Å². The molecule has 0 amide bonds. The monoisotopic (exact) mass is 413 g/mol. The van der Waals surface area contributed by atoms with Crippen LogP contribution in [0.1, 0.15) is 69.2 Å². The lowest BCUT2D eigenvalue weighted by Crippen LogP contribution is -2.41. The zero-order valence-electron chi connectivity index (χ0n) is 21.6. The Bertz CT molecular complexity index is 368. The molecule has 0 bridgehead atoms. The minimum atomic E-state index is 0.236. The molecular formula is C25H55N3O. The Morgan fingerprint density at radius 3 is 1.31 bits per heavy atom. The van der Waals surface area contributed by atoms with E-state index < -0.39 is 0 Å². The molecule has 0 aliphatic heterocycles. The smallest absolute Gasteiger partial charge is 0.0594 e. The van der Waals surface area contributed by atoms with Crippen molar-refractivity contribution in [3.63, 3.8) is 0 Å². The van der Waals surface area contributed by atoms with Gasteiger partial charge in [-0.25, -0.2) is 0 Å². The number of rotatable bonds is 17. The van der Waals surface area contributed by atoms with Crippen LogP contribution < -0.4 is 5.73 Å². The molecule has 0 radical (unpaired) electrons. The summed E-state index contributed by atoms with van der Waals surface area (Å²) in [5.74, 6) is 4.05. The van der Waals surface area contributed by atoms with Crippen molar-refractivity contribution in [1.29, 1.82) is 0 Å². The lowest BCUT2D eigenvalue weighted by Gasteiger charge is -2.31. The molecule has 0 rings (SSSR count). The third kappa shape index (κ3) is 14.5. The van der Waals surface area contributed by atoms with E-state index in [1.165, 1.54) is 6.54 Å². The highest BCUT2D eigenvalue weighted by atomic mass is 16.5. The second kappa shape index (κ2) is 15.6. The number of nitrogens with zero attached hydrogens (tertiary/aromatic N) is 2. The summed E-state index contributed by atoms with van der Waals surface area (Å²) in [6.07, 6.45) is 0. The molecule has 0 aliphatic carbocycles. The maximum atomic E-state index is 6.12. The van der Waals surface area contributed by atoms with E-state index in [-0.39, 0.29) is 6.04 Å². The van der Waals surface area contributed by atoms with Crippen molar-refractivity contribution in [2.24, 2.45) is 41.2 Å². The first-order valence-electron chi connectivity index (χ1n) is 12.2. The summed E-state index contributed by atoms with van der Waals surface area (Å²) >= 11 is 0. The van der Waals surface area contributed by atoms with Gasteiger partial charge in [0.25, 0.3) is 0 Å². The Hall–Kier alpha value is -0.160. The molecule has 4 atom stereocenters. The predicted octanol–water partition coefficient (Wildman–Crippen LogP) is 4.83. The number of ether oxygens (including phenoxy) is 1. The summed E-state index contributed by atoms with van der Waals surface area (Å²) in [5.41, 5.74) is 6.12. The summed E-state index contributed by atoms with van der Waals surface area (Å²) in [7, 11) is 0. The van der Waals surface area contributed by atoms with Crippen LogP contribution in [0.5, 0.6) is 0 Å². The molecule has 0 fully saturated rings. The molecule has 4 heteroatoms. The first-order valence-corrected chi connectivity index (χ1v) is 12.2. The summed E-state index contributed by atoms with van der Waals surface area (Å²) in [5, 5.41) is 0. The van der Waals surface area contributed by atoms with Gasteiger partial charge < -0.3 is 20.3 Å². The van der Waals surface area contributed by atoms with Crippen LogP contribution in [0.15, 0.2) is 0 Å². The van der Waals surface area contributed by atoms with Crippen LogP contribution in [0, 0.1) is 35.5 Å². The Morgan fingerprint density at radius 2 is 0.966 bits per heavy atom. The van der Waals surface area contributed by atoms with Crippen LogP contribution in [0.3, 0.4) is 0 Å². The fourth-order valence-electron chi connectivity index (χ4n) is 3.33. The largest absolute Gasteiger partial charge is 0.379 e. The molecule has 0 aromatic carbocycles. The van der Waals surface area contributed by atoms with E-state index in [0.29, 0.717) is 23.7 Å². The van der Waals surface area contributed by atoms with Crippen molar-refractivity contribution in [3.05, 3.63) is 0 Å². The normalized spacial score (nSPS) is 17.0. The van der Waals surface area contributed by atoms with Gasteiger partial charge in [0.2, 0.25) is 0 Å². The van der Waals surface area contributed by atoms with E-state index in [1.54, 1.807) is 0 Å². The fourth-order valence-corrected chi connectivity index (χ4v) is 3.33. The minimum absolute atomic E-state index is 0.236. The molecular weight excluding hydrogens is 358 g/mol. The van der Waals surface area contributed by atoms with Crippen LogP contribution in [-0.2, 0) is 4.74 Å². The van der Waals surface area contributed by atoms with E-state index in [4.69, 9.17) is 10.5 Å². The molecule has 0 aromatic rings. The van der Waals surface area contributed by atoms with E-state index in [9.17, 15) is 0 Å². The molecule has 0 saturated carbocycles. The van der Waals surface area contributed by atoms with Crippen LogP contribution in [0.25, 0.3) is 0 Å². The summed E-state index contributed by atoms with van der Waals surface area (Å²) in [6, 6.07) is 0.236. The first kappa shape index (κ1) is 28.8. The van der Waals surface area contributed by atoms with Crippen molar-refractivity contribution in [2.75, 3.05) is 52.5 Å².